The Hall–Kier alpha value is -1.92. The number of benzene rings is 1. The predicted octanol–water partition coefficient (Wildman–Crippen LogP) is 1.25. The van der Waals surface area contributed by atoms with Gasteiger partial charge >= 0.3 is 0 Å². The van der Waals surface area contributed by atoms with Crippen LogP contribution in [0.1, 0.15) is 29.2 Å². The van der Waals surface area contributed by atoms with Gasteiger partial charge in [0, 0.05) is 12.1 Å². The Labute approximate surface area is 116 Å². The topological polar surface area (TPSA) is 69.4 Å². The van der Waals surface area contributed by atoms with Gasteiger partial charge in [0.05, 0.1) is 19.3 Å². The van der Waals surface area contributed by atoms with Gasteiger partial charge in [-0.05, 0) is 6.07 Å². The SMILES string of the molecule is c1ccc2c(c1)OCC2c1nc(C2COCCN2)no1. The summed E-state index contributed by atoms with van der Waals surface area (Å²) >= 11 is 0. The molecule has 6 heteroatoms. The Kier molecular flexibility index (Phi) is 2.90. The molecule has 2 unspecified atom stereocenters. The fourth-order valence-electron chi connectivity index (χ4n) is 2.63. The highest BCUT2D eigenvalue weighted by atomic mass is 16.5. The van der Waals surface area contributed by atoms with E-state index < -0.39 is 0 Å². The molecule has 3 heterocycles. The molecule has 0 aliphatic carbocycles. The largest absolute Gasteiger partial charge is 0.492 e. The minimum absolute atomic E-state index is 0.0128. The quantitative estimate of drug-likeness (QED) is 0.888. The van der Waals surface area contributed by atoms with E-state index in [-0.39, 0.29) is 12.0 Å². The van der Waals surface area contributed by atoms with Gasteiger partial charge in [-0.3, -0.25) is 0 Å². The van der Waals surface area contributed by atoms with Crippen LogP contribution in [-0.2, 0) is 4.74 Å². The summed E-state index contributed by atoms with van der Waals surface area (Å²) in [5.74, 6) is 2.19. The Morgan fingerprint density at radius 1 is 1.20 bits per heavy atom. The molecular formula is C14H15N3O3. The number of hydrogen-bond acceptors (Lipinski definition) is 6. The number of ether oxygens (including phenoxy) is 2. The van der Waals surface area contributed by atoms with E-state index in [0.717, 1.165) is 24.5 Å². The molecule has 0 spiro atoms. The van der Waals surface area contributed by atoms with E-state index in [1.165, 1.54) is 0 Å². The van der Waals surface area contributed by atoms with Crippen LogP contribution >= 0.6 is 0 Å². The molecule has 2 aromatic rings. The van der Waals surface area contributed by atoms with E-state index in [1.54, 1.807) is 0 Å². The molecule has 0 amide bonds. The van der Waals surface area contributed by atoms with Crippen LogP contribution in [0, 0.1) is 0 Å². The molecule has 1 aromatic heterocycles. The summed E-state index contributed by atoms with van der Waals surface area (Å²) in [5, 5.41) is 7.39. The van der Waals surface area contributed by atoms with Gasteiger partial charge in [-0.2, -0.15) is 4.98 Å². The Morgan fingerprint density at radius 2 is 2.15 bits per heavy atom. The molecule has 0 bridgehead atoms. The van der Waals surface area contributed by atoms with Gasteiger partial charge < -0.3 is 19.3 Å². The summed E-state index contributed by atoms with van der Waals surface area (Å²) in [7, 11) is 0. The van der Waals surface area contributed by atoms with Crippen molar-refractivity contribution in [1.29, 1.82) is 0 Å². The summed E-state index contributed by atoms with van der Waals surface area (Å²) in [6.45, 7) is 2.67. The number of nitrogens with zero attached hydrogens (tertiary/aromatic N) is 2. The molecule has 1 aromatic carbocycles. The fraction of sp³-hybridized carbons (Fsp3) is 0.429. The molecule has 20 heavy (non-hydrogen) atoms. The molecule has 104 valence electrons. The van der Waals surface area contributed by atoms with Crippen molar-refractivity contribution in [1.82, 2.24) is 15.5 Å². The molecule has 6 nitrogen and oxygen atoms in total. The normalized spacial score (nSPS) is 25.2. The van der Waals surface area contributed by atoms with Gasteiger partial charge in [-0.25, -0.2) is 0 Å². The second-order valence-corrected chi connectivity index (χ2v) is 4.97. The molecule has 2 aliphatic rings. The summed E-state index contributed by atoms with van der Waals surface area (Å²) in [4.78, 5) is 4.51. The Morgan fingerprint density at radius 3 is 3.05 bits per heavy atom. The maximum Gasteiger partial charge on any atom is 0.237 e. The Bertz CT molecular complexity index is 607. The van der Waals surface area contributed by atoms with Crippen molar-refractivity contribution in [2.75, 3.05) is 26.4 Å². The smallest absolute Gasteiger partial charge is 0.237 e. The van der Waals surface area contributed by atoms with Gasteiger partial charge in [0.15, 0.2) is 5.82 Å². The van der Waals surface area contributed by atoms with E-state index in [2.05, 4.69) is 15.5 Å². The van der Waals surface area contributed by atoms with Gasteiger partial charge in [-0.1, -0.05) is 23.4 Å². The predicted molar refractivity (Wildman–Crippen MR) is 69.6 cm³/mol. The highest BCUT2D eigenvalue weighted by Gasteiger charge is 2.31. The number of morpholine rings is 1. The molecular weight excluding hydrogens is 258 g/mol. The van der Waals surface area contributed by atoms with Gasteiger partial charge in [0.2, 0.25) is 5.89 Å². The first-order valence-electron chi connectivity index (χ1n) is 6.78. The summed E-state index contributed by atoms with van der Waals surface area (Å²) in [6.07, 6.45) is 0. The first-order chi connectivity index (χ1) is 9.92. The number of nitrogens with one attached hydrogen (secondary N) is 1. The van der Waals surface area contributed by atoms with Crippen LogP contribution in [0.2, 0.25) is 0 Å². The van der Waals surface area contributed by atoms with E-state index in [1.807, 2.05) is 24.3 Å². The fourth-order valence-corrected chi connectivity index (χ4v) is 2.63. The van der Waals surface area contributed by atoms with E-state index in [0.29, 0.717) is 24.9 Å². The first-order valence-corrected chi connectivity index (χ1v) is 6.78. The third-order valence-corrected chi connectivity index (χ3v) is 3.69. The summed E-state index contributed by atoms with van der Waals surface area (Å²) in [5.41, 5.74) is 1.11. The number of para-hydroxylation sites is 1. The average Bonchev–Trinajstić information content (AvgIpc) is 3.14. The van der Waals surface area contributed by atoms with Crippen LogP contribution in [0.4, 0.5) is 0 Å². The maximum atomic E-state index is 5.65. The molecule has 1 N–H and O–H groups in total. The van der Waals surface area contributed by atoms with Gasteiger partial charge in [0.1, 0.15) is 18.3 Å². The van der Waals surface area contributed by atoms with Crippen molar-refractivity contribution < 1.29 is 14.0 Å². The molecule has 2 atom stereocenters. The lowest BCUT2D eigenvalue weighted by Gasteiger charge is -2.20. The average molecular weight is 273 g/mol. The standard InChI is InChI=1S/C14H15N3O3/c1-2-4-12-9(3-1)10(7-19-12)14-16-13(17-20-14)11-8-18-6-5-15-11/h1-4,10-11,15H,5-8H2. The maximum absolute atomic E-state index is 5.65. The summed E-state index contributed by atoms with van der Waals surface area (Å²) in [6, 6.07) is 7.97. The van der Waals surface area contributed by atoms with E-state index >= 15 is 0 Å². The third-order valence-electron chi connectivity index (χ3n) is 3.69. The number of aromatic nitrogens is 2. The van der Waals surface area contributed by atoms with Crippen LogP contribution in [0.25, 0.3) is 0 Å². The molecule has 2 aliphatic heterocycles. The van der Waals surface area contributed by atoms with E-state index in [4.69, 9.17) is 14.0 Å². The minimum Gasteiger partial charge on any atom is -0.492 e. The number of rotatable bonds is 2. The van der Waals surface area contributed by atoms with Crippen molar-refractivity contribution >= 4 is 0 Å². The third kappa shape index (κ3) is 1.97. The lowest BCUT2D eigenvalue weighted by Crippen LogP contribution is -2.35. The zero-order valence-corrected chi connectivity index (χ0v) is 10.9. The van der Waals surface area contributed by atoms with Gasteiger partial charge in [0.25, 0.3) is 0 Å². The molecule has 1 fully saturated rings. The van der Waals surface area contributed by atoms with Gasteiger partial charge in [-0.15, -0.1) is 0 Å². The number of fused-ring (bicyclic) bond motifs is 1. The van der Waals surface area contributed by atoms with Crippen LogP contribution in [0.5, 0.6) is 5.75 Å². The zero-order chi connectivity index (χ0) is 13.4. The lowest BCUT2D eigenvalue weighted by molar-refractivity contribution is 0.0734. The highest BCUT2D eigenvalue weighted by molar-refractivity contribution is 5.42. The number of hydrogen-bond donors (Lipinski definition) is 1. The molecule has 0 saturated carbocycles. The van der Waals surface area contributed by atoms with Crippen LogP contribution in [-0.4, -0.2) is 36.5 Å². The minimum atomic E-state index is 0.0128. The highest BCUT2D eigenvalue weighted by Crippen LogP contribution is 2.37. The molecule has 1 saturated heterocycles. The second kappa shape index (κ2) is 4.88. The van der Waals surface area contributed by atoms with Crippen molar-refractivity contribution in [3.05, 3.63) is 41.5 Å². The second-order valence-electron chi connectivity index (χ2n) is 4.97. The summed E-state index contributed by atoms with van der Waals surface area (Å²) < 4.78 is 16.5. The van der Waals surface area contributed by atoms with Crippen LogP contribution in [0.3, 0.4) is 0 Å². The zero-order valence-electron chi connectivity index (χ0n) is 10.9. The molecule has 0 radical (unpaired) electrons. The lowest BCUT2D eigenvalue weighted by atomic mass is 10.0. The monoisotopic (exact) mass is 273 g/mol. The van der Waals surface area contributed by atoms with Crippen LogP contribution < -0.4 is 10.1 Å². The van der Waals surface area contributed by atoms with Crippen molar-refractivity contribution in [3.63, 3.8) is 0 Å². The Balaban J connectivity index is 1.59. The van der Waals surface area contributed by atoms with E-state index in [9.17, 15) is 0 Å². The van der Waals surface area contributed by atoms with Crippen molar-refractivity contribution in [3.8, 4) is 5.75 Å². The molecule has 4 rings (SSSR count). The van der Waals surface area contributed by atoms with Crippen molar-refractivity contribution in [2.45, 2.75) is 12.0 Å². The first kappa shape index (κ1) is 11.9. The van der Waals surface area contributed by atoms with Crippen LogP contribution in [0.15, 0.2) is 28.8 Å². The van der Waals surface area contributed by atoms with Crippen molar-refractivity contribution in [2.24, 2.45) is 0 Å².